The first-order chi connectivity index (χ1) is 27.9. The van der Waals surface area contributed by atoms with Gasteiger partial charge in [0.1, 0.15) is 23.3 Å². The van der Waals surface area contributed by atoms with Crippen molar-refractivity contribution < 1.29 is 43.7 Å². The van der Waals surface area contributed by atoms with Crippen molar-refractivity contribution in [2.24, 2.45) is 11.8 Å². The molecule has 2 aromatic rings. The van der Waals surface area contributed by atoms with Crippen LogP contribution in [0.2, 0.25) is 0 Å². The standard InChI is InChI=1S/C37H55N5O7S.C3H8.C2H4O2.C2H6/c1-7-30(40-36(47)32-11-8-9-17-41(32)6)37(48)42(23-49-34(45)19-24(2)3)18-10-12-33-39-31(22-50-33)35(46)38-28(20-25(4)26(5)43)21-27-13-15-29(44)16-14-27;1-3-2;1-2(3)4;1-2/h13-16,22,24-25,28,30,32,44H,7-12,17-21,23H2,1-6H3,(H,38,46)(H,40,47);3H2,1-2H3;1H3,(H,3,4);1-2H3. The number of aromatic hydroxyl groups is 1. The number of hydrogen-bond donors (Lipinski definition) is 4. The van der Waals surface area contributed by atoms with E-state index in [0.29, 0.717) is 37.1 Å². The summed E-state index contributed by atoms with van der Waals surface area (Å²) >= 11 is 1.35. The Morgan fingerprint density at radius 3 is 2.15 bits per heavy atom. The molecule has 59 heavy (non-hydrogen) atoms. The van der Waals surface area contributed by atoms with Gasteiger partial charge in [0.15, 0.2) is 6.73 Å². The molecule has 14 nitrogen and oxygen atoms in total. The number of benzene rings is 1. The lowest BCUT2D eigenvalue weighted by Crippen LogP contribution is -2.55. The minimum atomic E-state index is -0.833. The lowest BCUT2D eigenvalue weighted by molar-refractivity contribution is -0.155. The number of carboxylic acid groups (broad SMARTS) is 1. The van der Waals surface area contributed by atoms with Crippen molar-refractivity contribution in [2.45, 2.75) is 152 Å². The van der Waals surface area contributed by atoms with E-state index in [2.05, 4.69) is 29.5 Å². The summed E-state index contributed by atoms with van der Waals surface area (Å²) in [5.74, 6) is -1.99. The van der Waals surface area contributed by atoms with E-state index in [-0.39, 0.29) is 78.6 Å². The third-order valence-electron chi connectivity index (χ3n) is 9.05. The zero-order valence-electron chi connectivity index (χ0n) is 37.5. The van der Waals surface area contributed by atoms with Crippen LogP contribution < -0.4 is 10.6 Å². The fourth-order valence-corrected chi connectivity index (χ4v) is 6.75. The van der Waals surface area contributed by atoms with E-state index in [1.165, 1.54) is 29.6 Å². The van der Waals surface area contributed by atoms with Crippen molar-refractivity contribution >= 4 is 46.8 Å². The number of hydrogen-bond acceptors (Lipinski definition) is 11. The molecule has 334 valence electrons. The number of carbonyl (C=O) groups is 6. The lowest BCUT2D eigenvalue weighted by atomic mass is 9.93. The average molecular weight is 848 g/mol. The van der Waals surface area contributed by atoms with Crippen molar-refractivity contribution in [3.8, 4) is 5.75 Å². The fourth-order valence-electron chi connectivity index (χ4n) is 5.93. The van der Waals surface area contributed by atoms with Crippen LogP contribution in [-0.4, -0.2) is 105 Å². The molecule has 1 aliphatic heterocycles. The molecule has 0 aliphatic carbocycles. The lowest BCUT2D eigenvalue weighted by Gasteiger charge is -2.33. The van der Waals surface area contributed by atoms with Gasteiger partial charge in [-0.15, -0.1) is 11.3 Å². The first-order valence-corrected chi connectivity index (χ1v) is 22.0. The molecule has 3 amide bonds. The van der Waals surface area contributed by atoms with Crippen LogP contribution in [0, 0.1) is 11.8 Å². The number of aromatic nitrogens is 1. The number of ether oxygens (including phenoxy) is 1. The Balaban J connectivity index is 0.00000341. The van der Waals surface area contributed by atoms with Gasteiger partial charge in [0.05, 0.1) is 11.0 Å². The summed E-state index contributed by atoms with van der Waals surface area (Å²) in [7, 11) is 1.92. The summed E-state index contributed by atoms with van der Waals surface area (Å²) in [5, 5.41) is 25.5. The average Bonchev–Trinajstić information content (AvgIpc) is 3.65. The highest BCUT2D eigenvalue weighted by Gasteiger charge is 2.31. The molecule has 0 radical (unpaired) electrons. The highest BCUT2D eigenvalue weighted by atomic mass is 32.1. The van der Waals surface area contributed by atoms with Crippen molar-refractivity contribution in [1.82, 2.24) is 25.4 Å². The van der Waals surface area contributed by atoms with Crippen molar-refractivity contribution in [1.29, 1.82) is 0 Å². The topological polar surface area (TPSA) is 196 Å². The number of carboxylic acids is 1. The number of amides is 3. The first-order valence-electron chi connectivity index (χ1n) is 21.1. The predicted molar refractivity (Wildman–Crippen MR) is 233 cm³/mol. The van der Waals surface area contributed by atoms with E-state index < -0.39 is 18.0 Å². The minimum Gasteiger partial charge on any atom is -0.508 e. The molecule has 1 aromatic carbocycles. The molecule has 0 saturated carbocycles. The molecular weight excluding hydrogens is 775 g/mol. The highest BCUT2D eigenvalue weighted by Crippen LogP contribution is 2.19. The molecule has 4 unspecified atom stereocenters. The third kappa shape index (κ3) is 23.1. The van der Waals surface area contributed by atoms with Gasteiger partial charge in [0.25, 0.3) is 11.9 Å². The number of nitrogens with one attached hydrogen (secondary N) is 2. The van der Waals surface area contributed by atoms with E-state index in [1.54, 1.807) is 29.6 Å². The number of aryl methyl sites for hydroxylation is 1. The van der Waals surface area contributed by atoms with Gasteiger partial charge in [-0.1, -0.05) is 80.4 Å². The zero-order valence-corrected chi connectivity index (χ0v) is 38.3. The number of ketones is 1. The summed E-state index contributed by atoms with van der Waals surface area (Å²) < 4.78 is 5.48. The molecule has 15 heteroatoms. The maximum atomic E-state index is 13.7. The van der Waals surface area contributed by atoms with Gasteiger partial charge in [-0.05, 0) is 82.7 Å². The molecule has 1 aliphatic rings. The number of likely N-dealkylation sites (N-methyl/N-ethyl adjacent to an activating group) is 1. The zero-order chi connectivity index (χ0) is 45.1. The number of nitrogens with zero attached hydrogens (tertiary/aromatic N) is 3. The largest absolute Gasteiger partial charge is 0.508 e. The Morgan fingerprint density at radius 2 is 1.61 bits per heavy atom. The van der Waals surface area contributed by atoms with Crippen LogP contribution in [0.3, 0.4) is 0 Å². The number of Topliss-reactive ketones (excluding diaryl/α,β-unsaturated/α-hetero) is 1. The number of aliphatic carboxylic acids is 1. The predicted octanol–water partition coefficient (Wildman–Crippen LogP) is 7.03. The van der Waals surface area contributed by atoms with Crippen LogP contribution in [0.15, 0.2) is 29.6 Å². The molecule has 1 saturated heterocycles. The second-order valence-corrected chi connectivity index (χ2v) is 16.0. The van der Waals surface area contributed by atoms with Gasteiger partial charge < -0.3 is 30.5 Å². The van der Waals surface area contributed by atoms with Crippen LogP contribution >= 0.6 is 11.3 Å². The third-order valence-corrected chi connectivity index (χ3v) is 9.96. The molecule has 4 atom stereocenters. The van der Waals surface area contributed by atoms with E-state index in [9.17, 15) is 29.1 Å². The SMILES string of the molecule is CC.CC(=O)O.CCC.CCC(NC(=O)C1CCCCN1C)C(=O)N(CCCc1nc(C(=O)NC(Cc2ccc(O)cc2)CC(C)C(C)=O)cs1)COC(=O)CC(C)C. The second kappa shape index (κ2) is 30.6. The van der Waals surface area contributed by atoms with E-state index in [4.69, 9.17) is 14.6 Å². The van der Waals surface area contributed by atoms with E-state index >= 15 is 0 Å². The molecule has 0 bridgehead atoms. The Hall–Kier alpha value is -4.37. The molecular formula is C44H73N5O9S. The van der Waals surface area contributed by atoms with Gasteiger partial charge in [-0.2, -0.15) is 0 Å². The van der Waals surface area contributed by atoms with Crippen LogP contribution in [-0.2, 0) is 41.6 Å². The summed E-state index contributed by atoms with van der Waals surface area (Å²) in [4.78, 5) is 81.5. The fraction of sp³-hybridized carbons (Fsp3) is 0.659. The molecule has 1 aromatic heterocycles. The van der Waals surface area contributed by atoms with Gasteiger partial charge in [-0.3, -0.25) is 33.7 Å². The Kier molecular flexibility index (Phi) is 28.4. The highest BCUT2D eigenvalue weighted by molar-refractivity contribution is 7.09. The van der Waals surface area contributed by atoms with Crippen LogP contribution in [0.4, 0.5) is 0 Å². The number of carbonyl (C=O) groups excluding carboxylic acids is 5. The van der Waals surface area contributed by atoms with Crippen LogP contribution in [0.1, 0.15) is 142 Å². The number of phenolic OH excluding ortho intramolecular Hbond substituents is 1. The normalized spacial score (nSPS) is 14.9. The summed E-state index contributed by atoms with van der Waals surface area (Å²) in [6, 6.07) is 5.41. The number of phenols is 1. The van der Waals surface area contributed by atoms with Crippen molar-refractivity contribution in [3.05, 3.63) is 45.9 Å². The number of esters is 1. The van der Waals surface area contributed by atoms with Crippen molar-refractivity contribution in [3.63, 3.8) is 0 Å². The van der Waals surface area contributed by atoms with E-state index in [1.807, 2.05) is 53.5 Å². The molecule has 2 heterocycles. The number of likely N-dealkylation sites (tertiary alicyclic amines) is 1. The van der Waals surface area contributed by atoms with Gasteiger partial charge >= 0.3 is 5.97 Å². The Labute approximate surface area is 356 Å². The molecule has 4 N–H and O–H groups in total. The molecule has 0 spiro atoms. The van der Waals surface area contributed by atoms with Crippen LogP contribution in [0.25, 0.3) is 0 Å². The summed E-state index contributed by atoms with van der Waals surface area (Å²) in [5.41, 5.74) is 1.19. The van der Waals surface area contributed by atoms with Gasteiger partial charge in [0.2, 0.25) is 11.8 Å². The molecule has 1 fully saturated rings. The summed E-state index contributed by atoms with van der Waals surface area (Å²) in [6.07, 6.45) is 6.55. The van der Waals surface area contributed by atoms with E-state index in [0.717, 1.165) is 38.3 Å². The maximum Gasteiger partial charge on any atom is 0.307 e. The number of thiazole rings is 1. The Bertz CT molecular complexity index is 1550. The quantitative estimate of drug-likeness (QED) is 0.0838. The summed E-state index contributed by atoms with van der Waals surface area (Å²) in [6.45, 7) is 19.3. The maximum absolute atomic E-state index is 13.7. The second-order valence-electron chi connectivity index (χ2n) is 15.1. The minimum absolute atomic E-state index is 0.0394. The van der Waals surface area contributed by atoms with Crippen molar-refractivity contribution in [2.75, 3.05) is 26.9 Å². The number of rotatable bonds is 19. The van der Waals surface area contributed by atoms with Crippen LogP contribution in [0.5, 0.6) is 5.75 Å². The first kappa shape index (κ1) is 54.6. The number of piperidine rings is 1. The monoisotopic (exact) mass is 848 g/mol. The van der Waals surface area contributed by atoms with Gasteiger partial charge in [0, 0.05) is 43.6 Å². The molecule has 3 rings (SSSR count). The smallest absolute Gasteiger partial charge is 0.307 e. The Morgan fingerprint density at radius 1 is 1.00 bits per heavy atom. The van der Waals surface area contributed by atoms with Gasteiger partial charge in [-0.25, -0.2) is 4.98 Å².